The van der Waals surface area contributed by atoms with Crippen LogP contribution >= 0.6 is 0 Å². The minimum absolute atomic E-state index is 0.101. The molecule has 2 aromatic rings. The third kappa shape index (κ3) is 5.13. The molecule has 0 radical (unpaired) electrons. The fraction of sp³-hybridized carbons (Fsp3) is 0.444. The lowest BCUT2D eigenvalue weighted by molar-refractivity contribution is -0.147. The van der Waals surface area contributed by atoms with Gasteiger partial charge in [0.25, 0.3) is 0 Å². The summed E-state index contributed by atoms with van der Waals surface area (Å²) >= 11 is 0. The van der Waals surface area contributed by atoms with Gasteiger partial charge in [0, 0.05) is 12.6 Å². The summed E-state index contributed by atoms with van der Waals surface area (Å²) in [4.78, 5) is 14.8. The number of alkyl halides is 6. The van der Waals surface area contributed by atoms with Crippen LogP contribution in [0.4, 0.5) is 26.3 Å². The number of ether oxygens (including phenoxy) is 2. The second-order valence-corrected chi connectivity index (χ2v) is 9.42. The van der Waals surface area contributed by atoms with E-state index in [4.69, 9.17) is 9.47 Å². The first-order valence-electron chi connectivity index (χ1n) is 11.8. The van der Waals surface area contributed by atoms with E-state index in [9.17, 15) is 31.1 Å². The largest absolute Gasteiger partial charge is 0.469 e. The summed E-state index contributed by atoms with van der Waals surface area (Å²) < 4.78 is 91.4. The van der Waals surface area contributed by atoms with Crippen LogP contribution < -0.4 is 0 Å². The van der Waals surface area contributed by atoms with Crippen molar-refractivity contribution in [3.8, 4) is 0 Å². The van der Waals surface area contributed by atoms with Crippen LogP contribution in [-0.2, 0) is 38.8 Å². The normalized spacial score (nSPS) is 26.2. The van der Waals surface area contributed by atoms with E-state index < -0.39 is 47.6 Å². The second kappa shape index (κ2) is 10.1. The maximum atomic E-state index is 13.4. The van der Waals surface area contributed by atoms with Crippen LogP contribution in [0.25, 0.3) is 0 Å². The van der Waals surface area contributed by atoms with E-state index in [1.807, 2.05) is 30.3 Å². The van der Waals surface area contributed by atoms with Crippen molar-refractivity contribution in [3.63, 3.8) is 0 Å². The van der Waals surface area contributed by atoms with E-state index in [-0.39, 0.29) is 23.6 Å². The Morgan fingerprint density at radius 3 is 2.22 bits per heavy atom. The summed E-state index contributed by atoms with van der Waals surface area (Å²) in [5, 5.41) is 0. The first-order valence-corrected chi connectivity index (χ1v) is 11.8. The van der Waals surface area contributed by atoms with Gasteiger partial charge in [0.15, 0.2) is 0 Å². The number of hydrogen-bond donors (Lipinski definition) is 0. The predicted molar refractivity (Wildman–Crippen MR) is 123 cm³/mol. The maximum Gasteiger partial charge on any atom is 0.416 e. The quantitative estimate of drug-likeness (QED) is 0.239. The number of nitrogens with zero attached hydrogens (tertiary/aromatic N) is 1. The van der Waals surface area contributed by atoms with E-state index in [0.29, 0.717) is 37.9 Å². The molecule has 2 aliphatic heterocycles. The Hall–Kier alpha value is -2.85. The summed E-state index contributed by atoms with van der Waals surface area (Å²) in [6.45, 7) is 3.79. The molecule has 2 saturated heterocycles. The van der Waals surface area contributed by atoms with Crippen LogP contribution in [0.15, 0.2) is 61.2 Å². The number of carbonyl (C=O) groups is 1. The zero-order chi connectivity index (χ0) is 27.0. The standard InChI is InChI=1S/C27H27F6NO3/c1-3-11-34-22-9-10-23(25(34,15-21(22)24(35)36-2)18-7-5-4-6-8-18)37-16-17-12-19(26(28,29)30)14-20(13-17)27(31,32)33/h3-8,12-14,21-23H,1,9-11,15-16H2,2H3. The first-order chi connectivity index (χ1) is 17.4. The number of hydrogen-bond acceptors (Lipinski definition) is 4. The molecule has 2 aliphatic rings. The fourth-order valence-electron chi connectivity index (χ4n) is 5.88. The Morgan fingerprint density at radius 1 is 1.05 bits per heavy atom. The minimum Gasteiger partial charge on any atom is -0.469 e. The Kier molecular flexibility index (Phi) is 7.45. The van der Waals surface area contributed by atoms with Crippen LogP contribution in [0.3, 0.4) is 0 Å². The van der Waals surface area contributed by atoms with Gasteiger partial charge in [-0.2, -0.15) is 26.3 Å². The molecule has 0 amide bonds. The zero-order valence-electron chi connectivity index (χ0n) is 20.1. The molecule has 10 heteroatoms. The number of halogens is 6. The van der Waals surface area contributed by atoms with Gasteiger partial charge in [-0.15, -0.1) is 6.58 Å². The molecule has 200 valence electrons. The van der Waals surface area contributed by atoms with Crippen LogP contribution in [0.1, 0.15) is 41.5 Å². The summed E-state index contributed by atoms with van der Waals surface area (Å²) in [6.07, 6.45) is -7.45. The monoisotopic (exact) mass is 527 g/mol. The van der Waals surface area contributed by atoms with Gasteiger partial charge in [0.1, 0.15) is 0 Å². The van der Waals surface area contributed by atoms with Gasteiger partial charge in [0.05, 0.1) is 42.4 Å². The summed E-state index contributed by atoms with van der Waals surface area (Å²) in [7, 11) is 1.32. The second-order valence-electron chi connectivity index (χ2n) is 9.42. The van der Waals surface area contributed by atoms with Gasteiger partial charge in [-0.3, -0.25) is 9.69 Å². The number of methoxy groups -OCH3 is 1. The van der Waals surface area contributed by atoms with E-state index in [0.717, 1.165) is 5.56 Å². The molecule has 4 unspecified atom stereocenters. The molecule has 37 heavy (non-hydrogen) atoms. The molecule has 0 saturated carbocycles. The van der Waals surface area contributed by atoms with Crippen LogP contribution in [0, 0.1) is 5.92 Å². The molecule has 4 nitrogen and oxygen atoms in total. The van der Waals surface area contributed by atoms with Crippen LogP contribution in [-0.4, -0.2) is 36.7 Å². The average molecular weight is 528 g/mol. The Morgan fingerprint density at radius 2 is 1.68 bits per heavy atom. The molecule has 2 heterocycles. The topological polar surface area (TPSA) is 38.8 Å². The van der Waals surface area contributed by atoms with Crippen molar-refractivity contribution in [3.05, 3.63) is 83.4 Å². The maximum absolute atomic E-state index is 13.4. The van der Waals surface area contributed by atoms with Crippen molar-refractivity contribution in [1.29, 1.82) is 0 Å². The highest BCUT2D eigenvalue weighted by Gasteiger charge is 2.61. The lowest BCUT2D eigenvalue weighted by Gasteiger charge is -2.49. The zero-order valence-corrected chi connectivity index (χ0v) is 20.1. The minimum atomic E-state index is -4.95. The van der Waals surface area contributed by atoms with Crippen molar-refractivity contribution in [2.45, 2.75) is 55.9 Å². The highest BCUT2D eigenvalue weighted by atomic mass is 19.4. The average Bonchev–Trinajstić information content (AvgIpc) is 3.07. The Balaban J connectivity index is 1.73. The van der Waals surface area contributed by atoms with Crippen molar-refractivity contribution in [1.82, 2.24) is 4.90 Å². The summed E-state index contributed by atoms with van der Waals surface area (Å²) in [5.74, 6) is -0.839. The first kappa shape index (κ1) is 27.2. The SMILES string of the molecule is C=CCN1C2CCC(OCc3cc(C(F)(F)F)cc(C(F)(F)F)c3)C1(c1ccccc1)CC2C(=O)OC. The van der Waals surface area contributed by atoms with Gasteiger partial charge in [-0.25, -0.2) is 0 Å². The molecule has 0 aromatic heterocycles. The molecule has 0 N–H and O–H groups in total. The van der Waals surface area contributed by atoms with Gasteiger partial charge in [0.2, 0.25) is 0 Å². The highest BCUT2D eigenvalue weighted by Crippen LogP contribution is 2.54. The number of benzene rings is 2. The van der Waals surface area contributed by atoms with Gasteiger partial charge >= 0.3 is 18.3 Å². The molecule has 0 aliphatic carbocycles. The van der Waals surface area contributed by atoms with E-state index in [2.05, 4.69) is 11.5 Å². The van der Waals surface area contributed by atoms with Crippen molar-refractivity contribution >= 4 is 5.97 Å². The molecule has 4 atom stereocenters. The summed E-state index contributed by atoms with van der Waals surface area (Å²) in [6, 6.07) is 10.6. The number of fused-ring (bicyclic) bond motifs is 2. The predicted octanol–water partition coefficient (Wildman–Crippen LogP) is 6.35. The third-order valence-electron chi connectivity index (χ3n) is 7.37. The molecular formula is C27H27F6NO3. The molecule has 2 fully saturated rings. The number of carbonyl (C=O) groups excluding carboxylic acids is 1. The number of rotatable bonds is 7. The van der Waals surface area contributed by atoms with Crippen molar-refractivity contribution in [2.24, 2.45) is 5.92 Å². The molecule has 2 bridgehead atoms. The highest BCUT2D eigenvalue weighted by molar-refractivity contribution is 5.74. The molecular weight excluding hydrogens is 500 g/mol. The number of piperidine rings is 1. The smallest absolute Gasteiger partial charge is 0.416 e. The van der Waals surface area contributed by atoms with Crippen molar-refractivity contribution in [2.75, 3.05) is 13.7 Å². The Labute approximate surface area is 210 Å². The Bertz CT molecular complexity index is 1100. The molecule has 4 rings (SSSR count). The fourth-order valence-corrected chi connectivity index (χ4v) is 5.88. The van der Waals surface area contributed by atoms with Gasteiger partial charge < -0.3 is 9.47 Å². The number of esters is 1. The molecule has 2 aromatic carbocycles. The van der Waals surface area contributed by atoms with Crippen LogP contribution in [0.5, 0.6) is 0 Å². The van der Waals surface area contributed by atoms with Crippen molar-refractivity contribution < 1.29 is 40.6 Å². The molecule has 0 spiro atoms. The van der Waals surface area contributed by atoms with Gasteiger partial charge in [-0.05, 0) is 48.6 Å². The van der Waals surface area contributed by atoms with E-state index in [1.54, 1.807) is 6.08 Å². The third-order valence-corrected chi connectivity index (χ3v) is 7.37. The van der Waals surface area contributed by atoms with E-state index >= 15 is 0 Å². The van der Waals surface area contributed by atoms with Gasteiger partial charge in [-0.1, -0.05) is 36.4 Å². The lowest BCUT2D eigenvalue weighted by Crippen LogP contribution is -2.57. The van der Waals surface area contributed by atoms with Crippen LogP contribution in [0.2, 0.25) is 0 Å². The van der Waals surface area contributed by atoms with E-state index in [1.165, 1.54) is 7.11 Å². The lowest BCUT2D eigenvalue weighted by atomic mass is 9.78. The summed E-state index contributed by atoms with van der Waals surface area (Å²) in [5.41, 5.74) is -3.00.